The molecule has 5 nitrogen and oxygen atoms in total. The van der Waals surface area contributed by atoms with Crippen LogP contribution < -0.4 is 4.90 Å². The van der Waals surface area contributed by atoms with Crippen molar-refractivity contribution in [2.24, 2.45) is 5.41 Å². The van der Waals surface area contributed by atoms with Gasteiger partial charge in [0.25, 0.3) is 0 Å². The van der Waals surface area contributed by atoms with E-state index < -0.39 is 12.0 Å². The maximum atomic E-state index is 11.8. The van der Waals surface area contributed by atoms with Crippen molar-refractivity contribution >= 4 is 11.8 Å². The fourth-order valence-electron chi connectivity index (χ4n) is 3.25. The first-order chi connectivity index (χ1) is 9.77. The van der Waals surface area contributed by atoms with Crippen molar-refractivity contribution in [2.75, 3.05) is 11.4 Å². The summed E-state index contributed by atoms with van der Waals surface area (Å²) in [5.74, 6) is -0.347. The monoisotopic (exact) mass is 287 g/mol. The number of aliphatic carboxylic acids is 1. The predicted octanol–water partition coefficient (Wildman–Crippen LogP) is 2.65. The maximum absolute atomic E-state index is 11.8. The van der Waals surface area contributed by atoms with E-state index in [1.807, 2.05) is 33.8 Å². The Morgan fingerprint density at radius 1 is 1.52 bits per heavy atom. The van der Waals surface area contributed by atoms with Crippen molar-refractivity contribution in [2.45, 2.75) is 46.6 Å². The number of nitriles is 1. The van der Waals surface area contributed by atoms with Gasteiger partial charge in [0, 0.05) is 12.2 Å². The number of nitrogens with zero attached hydrogens (tertiary/aromatic N) is 3. The Bertz CT molecular complexity index is 617. The molecule has 0 radical (unpaired) electrons. The van der Waals surface area contributed by atoms with Gasteiger partial charge < -0.3 is 10.0 Å². The van der Waals surface area contributed by atoms with Crippen LogP contribution in [-0.4, -0.2) is 28.6 Å². The highest BCUT2D eigenvalue weighted by molar-refractivity contribution is 5.80. The van der Waals surface area contributed by atoms with Gasteiger partial charge in [-0.15, -0.1) is 0 Å². The Morgan fingerprint density at radius 3 is 2.76 bits per heavy atom. The number of hydrogen-bond donors (Lipinski definition) is 1. The summed E-state index contributed by atoms with van der Waals surface area (Å²) in [4.78, 5) is 18.0. The first kappa shape index (κ1) is 15.3. The van der Waals surface area contributed by atoms with Gasteiger partial charge in [-0.25, -0.2) is 9.78 Å². The van der Waals surface area contributed by atoms with Crippen LogP contribution in [0.3, 0.4) is 0 Å². The number of carboxylic acids is 1. The van der Waals surface area contributed by atoms with Crippen molar-refractivity contribution in [3.05, 3.63) is 22.9 Å². The molecule has 0 spiro atoms. The van der Waals surface area contributed by atoms with Crippen molar-refractivity contribution in [1.82, 2.24) is 4.98 Å². The van der Waals surface area contributed by atoms with Crippen LogP contribution in [0, 0.1) is 30.6 Å². The molecule has 1 aromatic heterocycles. The lowest BCUT2D eigenvalue weighted by Gasteiger charge is -2.45. The van der Waals surface area contributed by atoms with Gasteiger partial charge in [0.05, 0.1) is 5.56 Å². The van der Waals surface area contributed by atoms with Gasteiger partial charge in [-0.2, -0.15) is 5.26 Å². The molecule has 1 fully saturated rings. The molecule has 1 unspecified atom stereocenters. The number of piperidine rings is 1. The molecule has 5 heteroatoms. The number of hydrogen-bond acceptors (Lipinski definition) is 4. The Hall–Kier alpha value is -2.09. The van der Waals surface area contributed by atoms with Gasteiger partial charge in [0.1, 0.15) is 17.9 Å². The zero-order valence-corrected chi connectivity index (χ0v) is 13.0. The van der Waals surface area contributed by atoms with E-state index >= 15 is 0 Å². The second kappa shape index (κ2) is 5.36. The van der Waals surface area contributed by atoms with E-state index in [0.717, 1.165) is 24.1 Å². The van der Waals surface area contributed by atoms with Gasteiger partial charge in [0.15, 0.2) is 0 Å². The summed E-state index contributed by atoms with van der Waals surface area (Å²) in [7, 11) is 0. The third-order valence-electron chi connectivity index (χ3n) is 4.22. The zero-order chi connectivity index (χ0) is 15.8. The van der Waals surface area contributed by atoms with Crippen LogP contribution in [0.4, 0.5) is 5.82 Å². The number of aryl methyl sites for hydroxylation is 2. The molecule has 0 aromatic carbocycles. The van der Waals surface area contributed by atoms with Crippen molar-refractivity contribution in [3.8, 4) is 6.07 Å². The second-order valence-electron chi connectivity index (χ2n) is 6.42. The molecule has 1 saturated heterocycles. The molecule has 112 valence electrons. The number of carboxylic acid groups (broad SMARTS) is 1. The average Bonchev–Trinajstić information content (AvgIpc) is 2.35. The highest BCUT2D eigenvalue weighted by atomic mass is 16.4. The molecule has 2 rings (SSSR count). The average molecular weight is 287 g/mol. The van der Waals surface area contributed by atoms with Crippen molar-refractivity contribution in [3.63, 3.8) is 0 Å². The van der Waals surface area contributed by atoms with Crippen LogP contribution in [0.1, 0.15) is 43.5 Å². The van der Waals surface area contributed by atoms with Gasteiger partial charge in [-0.05, 0) is 43.7 Å². The van der Waals surface area contributed by atoms with Gasteiger partial charge in [-0.1, -0.05) is 13.8 Å². The first-order valence-electron chi connectivity index (χ1n) is 7.15. The highest BCUT2D eigenvalue weighted by Gasteiger charge is 2.43. The standard InChI is InChI=1S/C16H21N3O2/c1-10-8-11(2)18-14(12(10)9-17)19-7-5-6-16(3,4)13(19)15(20)21/h8,13H,5-7H2,1-4H3,(H,20,21). The third kappa shape index (κ3) is 2.71. The number of aromatic nitrogens is 1. The Balaban J connectivity index is 2.59. The minimum atomic E-state index is -0.857. The Morgan fingerprint density at radius 2 is 2.19 bits per heavy atom. The fourth-order valence-corrected chi connectivity index (χ4v) is 3.25. The Labute approximate surface area is 125 Å². The molecule has 1 aliphatic heterocycles. The lowest BCUT2D eigenvalue weighted by Crippen LogP contribution is -2.55. The van der Waals surface area contributed by atoms with E-state index in [9.17, 15) is 15.2 Å². The van der Waals surface area contributed by atoms with Crippen LogP contribution in [0.25, 0.3) is 0 Å². The maximum Gasteiger partial charge on any atom is 0.326 e. The minimum Gasteiger partial charge on any atom is -0.480 e. The summed E-state index contributed by atoms with van der Waals surface area (Å²) in [6.07, 6.45) is 1.75. The molecule has 2 heterocycles. The molecule has 21 heavy (non-hydrogen) atoms. The van der Waals surface area contributed by atoms with Crippen LogP contribution >= 0.6 is 0 Å². The first-order valence-corrected chi connectivity index (χ1v) is 7.15. The summed E-state index contributed by atoms with van der Waals surface area (Å²) in [6, 6.07) is 3.37. The summed E-state index contributed by atoms with van der Waals surface area (Å²) in [5.41, 5.74) is 1.77. The molecule has 1 aliphatic rings. The molecule has 1 N–H and O–H groups in total. The lowest BCUT2D eigenvalue weighted by molar-refractivity contribution is -0.142. The normalized spacial score (nSPS) is 20.9. The van der Waals surface area contributed by atoms with E-state index in [2.05, 4.69) is 11.1 Å². The Kier molecular flexibility index (Phi) is 3.91. The minimum absolute atomic E-state index is 0.351. The van der Waals surface area contributed by atoms with E-state index in [0.29, 0.717) is 17.9 Å². The highest BCUT2D eigenvalue weighted by Crippen LogP contribution is 2.38. The molecular formula is C16H21N3O2. The van der Waals surface area contributed by atoms with Gasteiger partial charge >= 0.3 is 5.97 Å². The molecule has 0 amide bonds. The van der Waals surface area contributed by atoms with Crippen LogP contribution in [0.5, 0.6) is 0 Å². The summed E-state index contributed by atoms with van der Waals surface area (Å²) in [6.45, 7) is 8.27. The number of rotatable bonds is 2. The molecular weight excluding hydrogens is 266 g/mol. The van der Waals surface area contributed by atoms with E-state index in [-0.39, 0.29) is 5.41 Å². The fraction of sp³-hybridized carbons (Fsp3) is 0.562. The summed E-state index contributed by atoms with van der Waals surface area (Å²) >= 11 is 0. The predicted molar refractivity (Wildman–Crippen MR) is 80.2 cm³/mol. The number of carbonyl (C=O) groups is 1. The van der Waals surface area contributed by atoms with Crippen molar-refractivity contribution < 1.29 is 9.90 Å². The van der Waals surface area contributed by atoms with E-state index in [4.69, 9.17) is 0 Å². The van der Waals surface area contributed by atoms with Crippen molar-refractivity contribution in [1.29, 1.82) is 5.26 Å². The third-order valence-corrected chi connectivity index (χ3v) is 4.22. The number of pyridine rings is 1. The van der Waals surface area contributed by atoms with Crippen LogP contribution in [-0.2, 0) is 4.79 Å². The summed E-state index contributed by atoms with van der Waals surface area (Å²) < 4.78 is 0. The molecule has 0 bridgehead atoms. The molecule has 1 aromatic rings. The van der Waals surface area contributed by atoms with E-state index in [1.165, 1.54) is 0 Å². The molecule has 0 saturated carbocycles. The van der Waals surface area contributed by atoms with Crippen LogP contribution in [0.15, 0.2) is 6.07 Å². The smallest absolute Gasteiger partial charge is 0.326 e. The van der Waals surface area contributed by atoms with E-state index in [1.54, 1.807) is 4.90 Å². The number of anilines is 1. The lowest BCUT2D eigenvalue weighted by atomic mass is 9.76. The largest absolute Gasteiger partial charge is 0.480 e. The molecule has 0 aliphatic carbocycles. The quantitative estimate of drug-likeness (QED) is 0.904. The second-order valence-corrected chi connectivity index (χ2v) is 6.42. The topological polar surface area (TPSA) is 77.2 Å². The SMILES string of the molecule is Cc1cc(C)c(C#N)c(N2CCCC(C)(C)C2C(=O)O)n1. The molecule has 1 atom stereocenters. The summed E-state index contributed by atoms with van der Waals surface area (Å²) in [5, 5.41) is 19.1. The van der Waals surface area contributed by atoms with Gasteiger partial charge in [-0.3, -0.25) is 0 Å². The van der Waals surface area contributed by atoms with Crippen LogP contribution in [0.2, 0.25) is 0 Å². The van der Waals surface area contributed by atoms with Gasteiger partial charge in [0.2, 0.25) is 0 Å². The zero-order valence-electron chi connectivity index (χ0n) is 13.0.